The molecule has 0 radical (unpaired) electrons. The molecule has 0 saturated carbocycles. The number of ketones is 1. The van der Waals surface area contributed by atoms with Crippen LogP contribution in [0, 0.1) is 0 Å². The van der Waals surface area contributed by atoms with Gasteiger partial charge in [0.25, 0.3) is 0 Å². The first kappa shape index (κ1) is 14.0. The van der Waals surface area contributed by atoms with E-state index in [1.54, 1.807) is 12.1 Å². The number of methoxy groups -OCH3 is 1. The fourth-order valence-corrected chi connectivity index (χ4v) is 4.03. The van der Waals surface area contributed by atoms with Gasteiger partial charge in [-0.3, -0.25) is 4.79 Å². The van der Waals surface area contributed by atoms with Crippen molar-refractivity contribution in [2.75, 3.05) is 13.7 Å². The summed E-state index contributed by atoms with van der Waals surface area (Å²) in [5.74, 6) is 0.498. The fourth-order valence-electron chi connectivity index (χ4n) is 2.32. The third kappa shape index (κ3) is 2.64. The maximum absolute atomic E-state index is 12.5. The molecule has 1 aromatic rings. The molecule has 1 aliphatic rings. The van der Waals surface area contributed by atoms with E-state index < -0.39 is 16.1 Å². The van der Waals surface area contributed by atoms with Crippen molar-refractivity contribution in [3.63, 3.8) is 0 Å². The van der Waals surface area contributed by atoms with Crippen molar-refractivity contribution in [2.24, 2.45) is 0 Å². The van der Waals surface area contributed by atoms with Gasteiger partial charge in [0.1, 0.15) is 11.5 Å². The maximum atomic E-state index is 12.5. The van der Waals surface area contributed by atoms with Crippen molar-refractivity contribution >= 4 is 15.8 Å². The normalized spacial score (nSPS) is 20.4. The Morgan fingerprint density at radius 3 is 2.47 bits per heavy atom. The van der Waals surface area contributed by atoms with E-state index in [0.29, 0.717) is 18.7 Å². The highest BCUT2D eigenvalue weighted by molar-refractivity contribution is 7.89. The van der Waals surface area contributed by atoms with Crippen LogP contribution in [0.3, 0.4) is 0 Å². The number of sulfonamides is 1. The van der Waals surface area contributed by atoms with E-state index in [9.17, 15) is 13.2 Å². The molecule has 0 amide bonds. The minimum Gasteiger partial charge on any atom is -0.497 e. The quantitative estimate of drug-likeness (QED) is 0.838. The Bertz CT molecular complexity index is 565. The number of Topliss-reactive ketones (excluding diaryl/α,β-unsaturated/α-hetero) is 1. The lowest BCUT2D eigenvalue weighted by molar-refractivity contribution is -0.119. The number of benzene rings is 1. The summed E-state index contributed by atoms with van der Waals surface area (Å²) in [4.78, 5) is 11.7. The molecule has 1 aliphatic heterocycles. The van der Waals surface area contributed by atoms with Gasteiger partial charge in [-0.2, -0.15) is 4.31 Å². The minimum absolute atomic E-state index is 0.102. The van der Waals surface area contributed by atoms with Gasteiger partial charge in [0.2, 0.25) is 10.0 Å². The molecular formula is C13H17NO4S. The van der Waals surface area contributed by atoms with E-state index >= 15 is 0 Å². The molecule has 0 bridgehead atoms. The van der Waals surface area contributed by atoms with Gasteiger partial charge in [0, 0.05) is 6.54 Å². The van der Waals surface area contributed by atoms with E-state index in [2.05, 4.69) is 0 Å². The highest BCUT2D eigenvalue weighted by atomic mass is 32.2. The van der Waals surface area contributed by atoms with Gasteiger partial charge in [0.15, 0.2) is 0 Å². The molecule has 0 aromatic heterocycles. The average molecular weight is 283 g/mol. The number of ether oxygens (including phenoxy) is 1. The van der Waals surface area contributed by atoms with Gasteiger partial charge in [-0.05, 0) is 44.0 Å². The zero-order valence-electron chi connectivity index (χ0n) is 11.0. The molecule has 1 aromatic carbocycles. The van der Waals surface area contributed by atoms with Crippen molar-refractivity contribution in [3.8, 4) is 5.75 Å². The molecule has 2 rings (SSSR count). The zero-order chi connectivity index (χ0) is 14.0. The molecule has 6 heteroatoms. The van der Waals surface area contributed by atoms with Gasteiger partial charge in [-0.15, -0.1) is 0 Å². The summed E-state index contributed by atoms with van der Waals surface area (Å²) in [5.41, 5.74) is 0. The van der Waals surface area contributed by atoms with Gasteiger partial charge in [-0.1, -0.05) is 0 Å². The smallest absolute Gasteiger partial charge is 0.243 e. The van der Waals surface area contributed by atoms with Gasteiger partial charge in [0.05, 0.1) is 18.0 Å². The van der Waals surface area contributed by atoms with Crippen LogP contribution in [-0.2, 0) is 14.8 Å². The molecular weight excluding hydrogens is 266 g/mol. The molecule has 1 heterocycles. The van der Waals surface area contributed by atoms with Gasteiger partial charge < -0.3 is 4.74 Å². The topological polar surface area (TPSA) is 63.7 Å². The standard InChI is InChI=1S/C13H17NO4S/c1-10(15)13-4-3-9-14(13)19(16,17)12-7-5-11(18-2)6-8-12/h5-8,13H,3-4,9H2,1-2H3. The number of hydrogen-bond donors (Lipinski definition) is 0. The van der Waals surface area contributed by atoms with Crippen molar-refractivity contribution in [3.05, 3.63) is 24.3 Å². The van der Waals surface area contributed by atoms with Gasteiger partial charge in [-0.25, -0.2) is 8.42 Å². The van der Waals surface area contributed by atoms with Crippen LogP contribution >= 0.6 is 0 Å². The second kappa shape index (κ2) is 5.30. The lowest BCUT2D eigenvalue weighted by atomic mass is 10.2. The summed E-state index contributed by atoms with van der Waals surface area (Å²) < 4.78 is 31.3. The average Bonchev–Trinajstić information content (AvgIpc) is 2.89. The van der Waals surface area contributed by atoms with Crippen molar-refractivity contribution in [2.45, 2.75) is 30.7 Å². The third-order valence-electron chi connectivity index (χ3n) is 3.34. The van der Waals surface area contributed by atoms with E-state index in [1.807, 2.05) is 0 Å². The van der Waals surface area contributed by atoms with E-state index in [1.165, 1.54) is 30.5 Å². The summed E-state index contributed by atoms with van der Waals surface area (Å²) >= 11 is 0. The highest BCUT2D eigenvalue weighted by Crippen LogP contribution is 2.27. The van der Waals surface area contributed by atoms with Crippen LogP contribution in [-0.4, -0.2) is 38.2 Å². The summed E-state index contributed by atoms with van der Waals surface area (Å²) in [6.07, 6.45) is 1.32. The van der Waals surface area contributed by atoms with Gasteiger partial charge >= 0.3 is 0 Å². The number of carbonyl (C=O) groups is 1. The van der Waals surface area contributed by atoms with Crippen molar-refractivity contribution in [1.82, 2.24) is 4.31 Å². The predicted molar refractivity (Wildman–Crippen MR) is 70.6 cm³/mol. The molecule has 104 valence electrons. The number of rotatable bonds is 4. The molecule has 1 unspecified atom stereocenters. The number of carbonyl (C=O) groups excluding carboxylic acids is 1. The lowest BCUT2D eigenvalue weighted by Gasteiger charge is -2.22. The second-order valence-electron chi connectivity index (χ2n) is 4.56. The summed E-state index contributed by atoms with van der Waals surface area (Å²) in [5, 5.41) is 0. The van der Waals surface area contributed by atoms with Crippen LogP contribution in [0.25, 0.3) is 0 Å². The first-order valence-corrected chi connectivity index (χ1v) is 7.57. The Labute approximate surface area is 113 Å². The monoisotopic (exact) mass is 283 g/mol. The first-order valence-electron chi connectivity index (χ1n) is 6.13. The number of hydrogen-bond acceptors (Lipinski definition) is 4. The first-order chi connectivity index (χ1) is 8.96. The van der Waals surface area contributed by atoms with Crippen molar-refractivity contribution in [1.29, 1.82) is 0 Å². The predicted octanol–water partition coefficient (Wildman–Crippen LogP) is 1.44. The molecule has 0 aliphatic carbocycles. The Morgan fingerprint density at radius 2 is 1.95 bits per heavy atom. The largest absolute Gasteiger partial charge is 0.497 e. The van der Waals surface area contributed by atoms with Crippen LogP contribution in [0.5, 0.6) is 5.75 Å². The van der Waals surface area contributed by atoms with E-state index in [4.69, 9.17) is 4.74 Å². The molecule has 1 atom stereocenters. The molecule has 1 saturated heterocycles. The van der Waals surface area contributed by atoms with Crippen LogP contribution in [0.2, 0.25) is 0 Å². The molecule has 0 spiro atoms. The van der Waals surface area contributed by atoms with Crippen molar-refractivity contribution < 1.29 is 17.9 Å². The summed E-state index contributed by atoms with van der Waals surface area (Å²) in [6.45, 7) is 1.84. The van der Waals surface area contributed by atoms with E-state index in [0.717, 1.165) is 6.42 Å². The summed E-state index contributed by atoms with van der Waals surface area (Å²) in [6, 6.07) is 5.69. The van der Waals surface area contributed by atoms with Crippen LogP contribution in [0.15, 0.2) is 29.2 Å². The Hall–Kier alpha value is -1.40. The lowest BCUT2D eigenvalue weighted by Crippen LogP contribution is -2.39. The summed E-state index contributed by atoms with van der Waals surface area (Å²) in [7, 11) is -2.08. The number of nitrogens with zero attached hydrogens (tertiary/aromatic N) is 1. The fraction of sp³-hybridized carbons (Fsp3) is 0.462. The highest BCUT2D eigenvalue weighted by Gasteiger charge is 2.37. The Balaban J connectivity index is 2.33. The molecule has 1 fully saturated rings. The third-order valence-corrected chi connectivity index (χ3v) is 5.26. The Kier molecular flexibility index (Phi) is 3.91. The SMILES string of the molecule is COc1ccc(S(=O)(=O)N2CCCC2C(C)=O)cc1. The maximum Gasteiger partial charge on any atom is 0.243 e. The van der Waals surface area contributed by atoms with Crippen LogP contribution < -0.4 is 4.74 Å². The van der Waals surface area contributed by atoms with E-state index in [-0.39, 0.29) is 10.7 Å². The van der Waals surface area contributed by atoms with Crippen LogP contribution in [0.1, 0.15) is 19.8 Å². The second-order valence-corrected chi connectivity index (χ2v) is 6.45. The zero-order valence-corrected chi connectivity index (χ0v) is 11.8. The minimum atomic E-state index is -3.60. The Morgan fingerprint density at radius 1 is 1.32 bits per heavy atom. The van der Waals surface area contributed by atoms with Crippen LogP contribution in [0.4, 0.5) is 0 Å². The molecule has 19 heavy (non-hydrogen) atoms. The molecule has 0 N–H and O–H groups in total. The molecule has 5 nitrogen and oxygen atoms in total.